The van der Waals surface area contributed by atoms with E-state index in [1.165, 1.54) is 6.07 Å². The van der Waals surface area contributed by atoms with Gasteiger partial charge in [-0.15, -0.1) is 0 Å². The molecule has 0 saturated heterocycles. The number of benzene rings is 2. The summed E-state index contributed by atoms with van der Waals surface area (Å²) in [5.41, 5.74) is 1.30. The van der Waals surface area contributed by atoms with Crippen molar-refractivity contribution in [3.8, 4) is 5.75 Å². The molecule has 0 radical (unpaired) electrons. The molecular weight excluding hydrogens is 276 g/mol. The van der Waals surface area contributed by atoms with Crippen LogP contribution in [0.3, 0.4) is 0 Å². The molecule has 0 bridgehead atoms. The van der Waals surface area contributed by atoms with Crippen molar-refractivity contribution >= 4 is 16.7 Å². The van der Waals surface area contributed by atoms with Gasteiger partial charge in [0.05, 0.1) is 12.2 Å². The molecule has 108 valence electrons. The molecule has 0 aliphatic rings. The van der Waals surface area contributed by atoms with Gasteiger partial charge in [0.25, 0.3) is 0 Å². The maximum absolute atomic E-state index is 12.3. The van der Waals surface area contributed by atoms with Crippen molar-refractivity contribution in [1.82, 2.24) is 0 Å². The van der Waals surface area contributed by atoms with E-state index in [1.54, 1.807) is 18.2 Å². The van der Waals surface area contributed by atoms with E-state index in [-0.39, 0.29) is 5.75 Å². The molecule has 0 unspecified atom stereocenters. The number of ether oxygens (including phenoxy) is 1. The number of fused-ring (bicyclic) bond motifs is 1. The first-order chi connectivity index (χ1) is 10.2. The molecule has 21 heavy (non-hydrogen) atoms. The van der Waals surface area contributed by atoms with Crippen LogP contribution in [-0.2, 0) is 6.54 Å². The molecule has 0 aliphatic heterocycles. The van der Waals surface area contributed by atoms with Gasteiger partial charge in [-0.05, 0) is 24.3 Å². The summed E-state index contributed by atoms with van der Waals surface area (Å²) in [6.45, 7) is -2.46. The molecule has 1 N–H and O–H groups in total. The molecule has 0 saturated carbocycles. The highest BCUT2D eigenvalue weighted by atomic mass is 19.3. The van der Waals surface area contributed by atoms with E-state index < -0.39 is 6.61 Å². The zero-order chi connectivity index (χ0) is 14.7. The molecule has 0 atom stereocenters. The van der Waals surface area contributed by atoms with E-state index >= 15 is 0 Å². The van der Waals surface area contributed by atoms with Crippen LogP contribution in [-0.4, -0.2) is 6.61 Å². The van der Waals surface area contributed by atoms with Crippen LogP contribution in [0.25, 0.3) is 11.0 Å². The Bertz CT molecular complexity index is 707. The van der Waals surface area contributed by atoms with Gasteiger partial charge in [0, 0.05) is 5.39 Å². The van der Waals surface area contributed by atoms with Gasteiger partial charge in [-0.2, -0.15) is 8.78 Å². The smallest absolute Gasteiger partial charge is 0.387 e. The van der Waals surface area contributed by atoms with Crippen molar-refractivity contribution in [2.24, 2.45) is 0 Å². The Morgan fingerprint density at radius 2 is 1.81 bits per heavy atom. The van der Waals surface area contributed by atoms with Crippen molar-refractivity contribution in [2.75, 3.05) is 5.32 Å². The minimum Gasteiger partial charge on any atom is -0.459 e. The SMILES string of the molecule is FC(F)Oc1ccccc1NCc1cc2ccccc2o1. The van der Waals surface area contributed by atoms with Crippen LogP contribution in [0.5, 0.6) is 5.75 Å². The monoisotopic (exact) mass is 289 g/mol. The minimum absolute atomic E-state index is 0.114. The van der Waals surface area contributed by atoms with Gasteiger partial charge >= 0.3 is 6.61 Å². The Morgan fingerprint density at radius 3 is 2.62 bits per heavy atom. The van der Waals surface area contributed by atoms with Gasteiger partial charge in [0.2, 0.25) is 0 Å². The topological polar surface area (TPSA) is 34.4 Å². The summed E-state index contributed by atoms with van der Waals surface area (Å²) in [5.74, 6) is 0.840. The van der Waals surface area contributed by atoms with Crippen LogP contribution in [0, 0.1) is 0 Å². The quantitative estimate of drug-likeness (QED) is 0.742. The number of hydrogen-bond donors (Lipinski definition) is 1. The molecule has 0 aliphatic carbocycles. The number of alkyl halides is 2. The average Bonchev–Trinajstić information content (AvgIpc) is 2.88. The number of nitrogens with one attached hydrogen (secondary N) is 1. The van der Waals surface area contributed by atoms with Crippen molar-refractivity contribution in [3.05, 3.63) is 60.4 Å². The zero-order valence-electron chi connectivity index (χ0n) is 11.1. The van der Waals surface area contributed by atoms with Crippen LogP contribution in [0.1, 0.15) is 5.76 Å². The molecule has 1 heterocycles. The van der Waals surface area contributed by atoms with E-state index in [2.05, 4.69) is 10.1 Å². The molecule has 3 rings (SSSR count). The molecule has 3 nitrogen and oxygen atoms in total. The summed E-state index contributed by atoms with van der Waals surface area (Å²) >= 11 is 0. The van der Waals surface area contributed by atoms with Crippen LogP contribution >= 0.6 is 0 Å². The average molecular weight is 289 g/mol. The van der Waals surface area contributed by atoms with Gasteiger partial charge in [0.15, 0.2) is 0 Å². The van der Waals surface area contributed by atoms with Crippen LogP contribution < -0.4 is 10.1 Å². The lowest BCUT2D eigenvalue weighted by Crippen LogP contribution is -2.06. The first kappa shape index (κ1) is 13.4. The molecule has 1 aromatic heterocycles. The third-order valence-electron chi connectivity index (χ3n) is 3.03. The Kier molecular flexibility index (Phi) is 3.73. The largest absolute Gasteiger partial charge is 0.459 e. The summed E-state index contributed by atoms with van der Waals surface area (Å²) < 4.78 is 34.8. The molecule has 0 fully saturated rings. The van der Waals surface area contributed by atoms with Crippen LogP contribution in [0.15, 0.2) is 59.0 Å². The van der Waals surface area contributed by atoms with Crippen molar-refractivity contribution in [3.63, 3.8) is 0 Å². The lowest BCUT2D eigenvalue weighted by atomic mass is 10.2. The van der Waals surface area contributed by atoms with E-state index in [1.807, 2.05) is 30.3 Å². The molecule has 0 spiro atoms. The van der Waals surface area contributed by atoms with Gasteiger partial charge in [-0.1, -0.05) is 30.3 Å². The van der Waals surface area contributed by atoms with Gasteiger partial charge in [0.1, 0.15) is 17.1 Å². The van der Waals surface area contributed by atoms with Crippen molar-refractivity contribution in [1.29, 1.82) is 0 Å². The number of furan rings is 1. The lowest BCUT2D eigenvalue weighted by Gasteiger charge is -2.11. The van der Waals surface area contributed by atoms with E-state index in [4.69, 9.17) is 4.42 Å². The van der Waals surface area contributed by atoms with Crippen LogP contribution in [0.4, 0.5) is 14.5 Å². The summed E-state index contributed by atoms with van der Waals surface area (Å²) in [6.07, 6.45) is 0. The fraction of sp³-hybridized carbons (Fsp3) is 0.125. The van der Waals surface area contributed by atoms with E-state index in [0.29, 0.717) is 12.2 Å². The fourth-order valence-corrected chi connectivity index (χ4v) is 2.12. The maximum Gasteiger partial charge on any atom is 0.387 e. The molecular formula is C16H13F2NO2. The van der Waals surface area contributed by atoms with Crippen LogP contribution in [0.2, 0.25) is 0 Å². The second kappa shape index (κ2) is 5.83. The summed E-state index contributed by atoms with van der Waals surface area (Å²) in [7, 11) is 0. The number of hydrogen-bond acceptors (Lipinski definition) is 3. The number of halogens is 2. The van der Waals surface area contributed by atoms with Gasteiger partial charge < -0.3 is 14.5 Å². The fourth-order valence-electron chi connectivity index (χ4n) is 2.12. The molecule has 3 aromatic rings. The second-order valence-corrected chi connectivity index (χ2v) is 4.48. The number of rotatable bonds is 5. The Hall–Kier alpha value is -2.56. The predicted molar refractivity (Wildman–Crippen MR) is 76.6 cm³/mol. The molecule has 0 amide bonds. The third kappa shape index (κ3) is 3.13. The Labute approximate surface area is 120 Å². The highest BCUT2D eigenvalue weighted by molar-refractivity contribution is 5.77. The first-order valence-electron chi connectivity index (χ1n) is 6.47. The molecule has 2 aromatic carbocycles. The lowest BCUT2D eigenvalue weighted by molar-refractivity contribution is -0.0493. The predicted octanol–water partition coefficient (Wildman–Crippen LogP) is 4.65. The summed E-state index contributed by atoms with van der Waals surface area (Å²) in [5, 5.41) is 4.05. The second-order valence-electron chi connectivity index (χ2n) is 4.48. The van der Waals surface area contributed by atoms with Crippen molar-refractivity contribution in [2.45, 2.75) is 13.2 Å². The normalized spacial score (nSPS) is 11.0. The maximum atomic E-state index is 12.3. The standard InChI is InChI=1S/C16H13F2NO2/c17-16(18)21-15-8-4-2-6-13(15)19-10-12-9-11-5-1-3-7-14(11)20-12/h1-9,16,19H,10H2. The highest BCUT2D eigenvalue weighted by Crippen LogP contribution is 2.27. The van der Waals surface area contributed by atoms with Gasteiger partial charge in [-0.3, -0.25) is 0 Å². The van der Waals surface area contributed by atoms with Crippen molar-refractivity contribution < 1.29 is 17.9 Å². The third-order valence-corrected chi connectivity index (χ3v) is 3.03. The number of para-hydroxylation sites is 3. The first-order valence-corrected chi connectivity index (χ1v) is 6.47. The highest BCUT2D eigenvalue weighted by Gasteiger charge is 2.09. The zero-order valence-corrected chi connectivity index (χ0v) is 11.1. The number of anilines is 1. The Balaban J connectivity index is 1.75. The van der Waals surface area contributed by atoms with Gasteiger partial charge in [-0.25, -0.2) is 0 Å². The Morgan fingerprint density at radius 1 is 1.05 bits per heavy atom. The van der Waals surface area contributed by atoms with E-state index in [9.17, 15) is 8.78 Å². The minimum atomic E-state index is -2.85. The summed E-state index contributed by atoms with van der Waals surface area (Å²) in [6, 6.07) is 16.1. The van der Waals surface area contributed by atoms with E-state index in [0.717, 1.165) is 16.7 Å². The molecule has 5 heteroatoms. The summed E-state index contributed by atoms with van der Waals surface area (Å²) in [4.78, 5) is 0.